The molecule has 56 valence electrons. The molecule has 0 saturated heterocycles. The van der Waals surface area contributed by atoms with Crippen LogP contribution in [0.25, 0.3) is 0 Å². The number of rotatable bonds is 1. The minimum absolute atomic E-state index is 0.356. The third-order valence-electron chi connectivity index (χ3n) is 0.842. The maximum absolute atomic E-state index is 7.05. The fourth-order valence-corrected chi connectivity index (χ4v) is 0.715. The number of hydrogen-bond donors (Lipinski definition) is 1. The van der Waals surface area contributed by atoms with Crippen LogP contribution < -0.4 is 0 Å². The molecule has 2 heteroatoms. The predicted octanol–water partition coefficient (Wildman–Crippen LogP) is 2.41. The van der Waals surface area contributed by atoms with E-state index in [1.54, 1.807) is 6.92 Å². The van der Waals surface area contributed by atoms with Gasteiger partial charge < -0.3 is 0 Å². The molecule has 0 aromatic rings. The van der Waals surface area contributed by atoms with Gasteiger partial charge in [0.15, 0.2) is 0 Å². The molecular formula is C8H14N2. The average molecular weight is 138 g/mol. The number of amidine groups is 1. The van der Waals surface area contributed by atoms with Crippen molar-refractivity contribution in [2.75, 3.05) is 0 Å². The Morgan fingerprint density at radius 2 is 1.70 bits per heavy atom. The number of aliphatic imine (C=N–C) groups is 1. The van der Waals surface area contributed by atoms with Gasteiger partial charge in [-0.2, -0.15) is 0 Å². The van der Waals surface area contributed by atoms with E-state index >= 15 is 0 Å². The summed E-state index contributed by atoms with van der Waals surface area (Å²) in [6, 6.07) is 0. The topological polar surface area (TPSA) is 36.2 Å². The van der Waals surface area contributed by atoms with Crippen LogP contribution in [0.4, 0.5) is 0 Å². The summed E-state index contributed by atoms with van der Waals surface area (Å²) in [6.07, 6.45) is 1.96. The predicted molar refractivity (Wildman–Crippen MR) is 45.9 cm³/mol. The largest absolute Gasteiger partial charge is 0.287 e. The van der Waals surface area contributed by atoms with Crippen LogP contribution in [0.1, 0.15) is 27.7 Å². The van der Waals surface area contributed by atoms with Gasteiger partial charge in [0.2, 0.25) is 0 Å². The minimum atomic E-state index is 0.356. The second kappa shape index (κ2) is 3.99. The SMILES string of the molecule is CC(=N)N=C(C)C=C(C)C. The molecule has 0 spiro atoms. The summed E-state index contributed by atoms with van der Waals surface area (Å²) in [7, 11) is 0. The second-order valence-electron chi connectivity index (χ2n) is 2.56. The summed E-state index contributed by atoms with van der Waals surface area (Å²) in [5, 5.41) is 7.05. The Hall–Kier alpha value is -0.920. The minimum Gasteiger partial charge on any atom is -0.287 e. The van der Waals surface area contributed by atoms with Crippen molar-refractivity contribution < 1.29 is 0 Å². The molecule has 0 saturated carbocycles. The molecule has 0 fully saturated rings. The third kappa shape index (κ3) is 5.22. The van der Waals surface area contributed by atoms with E-state index in [1.807, 2.05) is 26.8 Å². The van der Waals surface area contributed by atoms with Crippen LogP contribution >= 0.6 is 0 Å². The summed E-state index contributed by atoms with van der Waals surface area (Å²) >= 11 is 0. The molecule has 0 aliphatic carbocycles. The monoisotopic (exact) mass is 138 g/mol. The summed E-state index contributed by atoms with van der Waals surface area (Å²) in [4.78, 5) is 3.94. The quantitative estimate of drug-likeness (QED) is 0.426. The first-order valence-corrected chi connectivity index (χ1v) is 3.27. The Bertz CT molecular complexity index is 183. The third-order valence-corrected chi connectivity index (χ3v) is 0.842. The van der Waals surface area contributed by atoms with Gasteiger partial charge in [-0.15, -0.1) is 0 Å². The summed E-state index contributed by atoms with van der Waals surface area (Å²) in [6.45, 7) is 7.59. The highest BCUT2D eigenvalue weighted by Crippen LogP contribution is 1.90. The van der Waals surface area contributed by atoms with E-state index in [0.29, 0.717) is 5.84 Å². The van der Waals surface area contributed by atoms with Gasteiger partial charge in [-0.25, -0.2) is 4.99 Å². The van der Waals surface area contributed by atoms with Crippen molar-refractivity contribution in [3.8, 4) is 0 Å². The Morgan fingerprint density at radius 3 is 2.00 bits per heavy atom. The van der Waals surface area contributed by atoms with Crippen molar-refractivity contribution in [1.29, 1.82) is 5.41 Å². The van der Waals surface area contributed by atoms with Crippen molar-refractivity contribution in [2.24, 2.45) is 4.99 Å². The van der Waals surface area contributed by atoms with Crippen LogP contribution in [-0.2, 0) is 0 Å². The zero-order chi connectivity index (χ0) is 8.15. The lowest BCUT2D eigenvalue weighted by atomic mass is 10.2. The van der Waals surface area contributed by atoms with Gasteiger partial charge in [0, 0.05) is 5.71 Å². The Balaban J connectivity index is 4.22. The molecular weight excluding hydrogens is 124 g/mol. The first kappa shape index (κ1) is 9.08. The molecule has 0 aromatic heterocycles. The maximum Gasteiger partial charge on any atom is 0.117 e. The first-order chi connectivity index (χ1) is 4.52. The van der Waals surface area contributed by atoms with E-state index in [1.165, 1.54) is 5.57 Å². The van der Waals surface area contributed by atoms with Gasteiger partial charge in [0.25, 0.3) is 0 Å². The van der Waals surface area contributed by atoms with Crippen LogP contribution in [0.5, 0.6) is 0 Å². The molecule has 0 radical (unpaired) electrons. The molecule has 0 atom stereocenters. The Labute approximate surface area is 62.2 Å². The molecule has 0 amide bonds. The van der Waals surface area contributed by atoms with Gasteiger partial charge in [-0.1, -0.05) is 5.57 Å². The highest BCUT2D eigenvalue weighted by Gasteiger charge is 1.84. The van der Waals surface area contributed by atoms with E-state index in [-0.39, 0.29) is 0 Å². The van der Waals surface area contributed by atoms with Gasteiger partial charge in [0.05, 0.1) is 0 Å². The lowest BCUT2D eigenvalue weighted by molar-refractivity contribution is 1.38. The molecule has 0 unspecified atom stereocenters. The highest BCUT2D eigenvalue weighted by atomic mass is 14.8. The molecule has 1 N–H and O–H groups in total. The summed E-state index contributed by atoms with van der Waals surface area (Å²) < 4.78 is 0. The molecule has 2 nitrogen and oxygen atoms in total. The van der Waals surface area contributed by atoms with E-state index in [0.717, 1.165) is 5.71 Å². The Kier molecular flexibility index (Phi) is 3.62. The van der Waals surface area contributed by atoms with E-state index < -0.39 is 0 Å². The van der Waals surface area contributed by atoms with Gasteiger partial charge in [-0.3, -0.25) is 5.41 Å². The lowest BCUT2D eigenvalue weighted by Crippen LogP contribution is -1.91. The fraction of sp³-hybridized carbons (Fsp3) is 0.500. The van der Waals surface area contributed by atoms with Crippen LogP contribution in [-0.4, -0.2) is 11.5 Å². The van der Waals surface area contributed by atoms with E-state index in [4.69, 9.17) is 5.41 Å². The second-order valence-corrected chi connectivity index (χ2v) is 2.56. The zero-order valence-corrected chi connectivity index (χ0v) is 7.02. The molecule has 0 aliphatic heterocycles. The van der Waals surface area contributed by atoms with Crippen molar-refractivity contribution >= 4 is 11.5 Å². The fourth-order valence-electron chi connectivity index (χ4n) is 0.715. The standard InChI is InChI=1S/C8H14N2/c1-6(2)5-7(3)10-8(4)9/h5,9H,1-4H3. The average Bonchev–Trinajstić information content (AvgIpc) is 1.58. The van der Waals surface area contributed by atoms with Crippen LogP contribution in [0.15, 0.2) is 16.6 Å². The first-order valence-electron chi connectivity index (χ1n) is 3.27. The lowest BCUT2D eigenvalue weighted by Gasteiger charge is -1.91. The zero-order valence-electron chi connectivity index (χ0n) is 7.02. The van der Waals surface area contributed by atoms with Gasteiger partial charge in [0.1, 0.15) is 5.84 Å². The summed E-state index contributed by atoms with van der Waals surface area (Å²) in [5.74, 6) is 0.356. The van der Waals surface area contributed by atoms with Crippen molar-refractivity contribution in [1.82, 2.24) is 0 Å². The maximum atomic E-state index is 7.05. The molecule has 0 heterocycles. The van der Waals surface area contributed by atoms with E-state index in [9.17, 15) is 0 Å². The van der Waals surface area contributed by atoms with Crippen LogP contribution in [0, 0.1) is 5.41 Å². The molecule has 0 rings (SSSR count). The van der Waals surface area contributed by atoms with Gasteiger partial charge >= 0.3 is 0 Å². The smallest absolute Gasteiger partial charge is 0.117 e. The number of allylic oxidation sites excluding steroid dienone is 2. The van der Waals surface area contributed by atoms with E-state index in [2.05, 4.69) is 4.99 Å². The van der Waals surface area contributed by atoms with Crippen LogP contribution in [0.2, 0.25) is 0 Å². The Morgan fingerprint density at radius 1 is 1.20 bits per heavy atom. The number of nitrogens with zero attached hydrogens (tertiary/aromatic N) is 1. The number of nitrogens with one attached hydrogen (secondary N) is 1. The normalized spacial score (nSPS) is 11.0. The van der Waals surface area contributed by atoms with Crippen molar-refractivity contribution in [3.05, 3.63) is 11.6 Å². The molecule has 0 aromatic carbocycles. The molecule has 0 bridgehead atoms. The van der Waals surface area contributed by atoms with Crippen molar-refractivity contribution in [2.45, 2.75) is 27.7 Å². The van der Waals surface area contributed by atoms with Gasteiger partial charge in [-0.05, 0) is 33.8 Å². The number of hydrogen-bond acceptors (Lipinski definition) is 1. The molecule has 0 aliphatic rings. The van der Waals surface area contributed by atoms with Crippen molar-refractivity contribution in [3.63, 3.8) is 0 Å². The van der Waals surface area contributed by atoms with Crippen LogP contribution in [0.3, 0.4) is 0 Å². The molecule has 10 heavy (non-hydrogen) atoms. The highest BCUT2D eigenvalue weighted by molar-refractivity contribution is 6.01. The summed E-state index contributed by atoms with van der Waals surface area (Å²) in [5.41, 5.74) is 2.11.